The van der Waals surface area contributed by atoms with Gasteiger partial charge in [0, 0.05) is 27.7 Å². The number of halogens is 2. The molecule has 0 aliphatic carbocycles. The highest BCUT2D eigenvalue weighted by atomic mass is 35.5. The van der Waals surface area contributed by atoms with E-state index >= 15 is 0 Å². The largest absolute Gasteiger partial charge is 0.507 e. The molecule has 0 bridgehead atoms. The molecule has 1 amide bonds. The van der Waals surface area contributed by atoms with Crippen molar-refractivity contribution in [3.8, 4) is 28.5 Å². The van der Waals surface area contributed by atoms with Gasteiger partial charge >= 0.3 is 0 Å². The fourth-order valence-electron chi connectivity index (χ4n) is 4.80. The standard InChI is InChI=1S/C30H29Cl2N3O4/c1-17(2)12-13-39-24-11-8-18(14-25(24)38-3)29-26-27(21-15-20(31)9-10-23(21)36)33-34-28(26)30(37)35(29)16-19-6-4-5-7-22(19)32/h4-11,14-15,17,29,36H,12-13,16H2,1-3H3,(H,33,34). The summed E-state index contributed by atoms with van der Waals surface area (Å²) in [6.07, 6.45) is 0.915. The zero-order valence-electron chi connectivity index (χ0n) is 21.9. The summed E-state index contributed by atoms with van der Waals surface area (Å²) in [6, 6.07) is 17.3. The summed E-state index contributed by atoms with van der Waals surface area (Å²) in [5.74, 6) is 1.48. The van der Waals surface area contributed by atoms with E-state index in [1.807, 2.05) is 36.4 Å². The Morgan fingerprint density at radius 2 is 1.87 bits per heavy atom. The Morgan fingerprint density at radius 1 is 1.08 bits per heavy atom. The third kappa shape index (κ3) is 5.29. The molecule has 5 rings (SSSR count). The number of phenols is 1. The minimum absolute atomic E-state index is 0.0101. The molecule has 7 nitrogen and oxygen atoms in total. The van der Waals surface area contributed by atoms with Crippen molar-refractivity contribution in [3.63, 3.8) is 0 Å². The second kappa shape index (κ2) is 11.2. The summed E-state index contributed by atoms with van der Waals surface area (Å²) in [4.78, 5) is 15.5. The number of methoxy groups -OCH3 is 1. The maximum Gasteiger partial charge on any atom is 0.273 e. The van der Waals surface area contributed by atoms with Crippen LogP contribution in [0, 0.1) is 5.92 Å². The SMILES string of the molecule is COc1cc(C2c3c(-c4cc(Cl)ccc4O)n[nH]c3C(=O)N2Cc2ccccc2Cl)ccc1OCCC(C)C. The van der Waals surface area contributed by atoms with Crippen molar-refractivity contribution in [2.45, 2.75) is 32.9 Å². The maximum atomic E-state index is 13.8. The molecule has 0 fully saturated rings. The van der Waals surface area contributed by atoms with Gasteiger partial charge in [-0.2, -0.15) is 5.10 Å². The Hall–Kier alpha value is -3.68. The fourth-order valence-corrected chi connectivity index (χ4v) is 5.17. The normalized spacial score (nSPS) is 14.7. The van der Waals surface area contributed by atoms with Crippen molar-refractivity contribution in [1.82, 2.24) is 15.1 Å². The first-order valence-corrected chi connectivity index (χ1v) is 13.5. The summed E-state index contributed by atoms with van der Waals surface area (Å²) in [5, 5.41) is 19.0. The Bertz CT molecular complexity index is 1520. The quantitative estimate of drug-likeness (QED) is 0.223. The number of phenolic OH excluding ortho intramolecular Hbond substituents is 1. The van der Waals surface area contributed by atoms with Crippen molar-refractivity contribution in [2.24, 2.45) is 5.92 Å². The zero-order chi connectivity index (χ0) is 27.7. The predicted molar refractivity (Wildman–Crippen MR) is 152 cm³/mol. The van der Waals surface area contributed by atoms with Gasteiger partial charge in [0.25, 0.3) is 5.91 Å². The molecule has 4 aromatic rings. The lowest BCUT2D eigenvalue weighted by atomic mass is 9.95. The molecule has 0 spiro atoms. The number of carbonyl (C=O) groups is 1. The molecule has 3 aromatic carbocycles. The number of aromatic amines is 1. The number of hydrogen-bond acceptors (Lipinski definition) is 5. The molecule has 202 valence electrons. The molecule has 2 heterocycles. The van der Waals surface area contributed by atoms with Crippen LogP contribution in [0.15, 0.2) is 60.7 Å². The zero-order valence-corrected chi connectivity index (χ0v) is 23.4. The molecule has 9 heteroatoms. The summed E-state index contributed by atoms with van der Waals surface area (Å²) in [6.45, 7) is 5.12. The number of carbonyl (C=O) groups excluding carboxylic acids is 1. The highest BCUT2D eigenvalue weighted by Crippen LogP contribution is 2.47. The molecule has 0 saturated carbocycles. The smallest absolute Gasteiger partial charge is 0.273 e. The van der Waals surface area contributed by atoms with Crippen LogP contribution < -0.4 is 9.47 Å². The van der Waals surface area contributed by atoms with Gasteiger partial charge in [0.15, 0.2) is 11.5 Å². The first-order valence-electron chi connectivity index (χ1n) is 12.7. The maximum absolute atomic E-state index is 13.8. The van der Waals surface area contributed by atoms with Gasteiger partial charge in [-0.05, 0) is 59.9 Å². The van der Waals surface area contributed by atoms with Gasteiger partial charge in [-0.3, -0.25) is 9.89 Å². The third-order valence-corrected chi connectivity index (χ3v) is 7.44. The van der Waals surface area contributed by atoms with Gasteiger partial charge in [-0.1, -0.05) is 61.3 Å². The van der Waals surface area contributed by atoms with Crippen LogP contribution in [0.5, 0.6) is 17.2 Å². The number of ether oxygens (including phenoxy) is 2. The van der Waals surface area contributed by atoms with Gasteiger partial charge in [-0.15, -0.1) is 0 Å². The van der Waals surface area contributed by atoms with E-state index in [0.29, 0.717) is 56.6 Å². The first-order chi connectivity index (χ1) is 18.8. The molecular formula is C30H29Cl2N3O4. The Labute approximate surface area is 237 Å². The number of aromatic nitrogens is 2. The minimum Gasteiger partial charge on any atom is -0.507 e. The van der Waals surface area contributed by atoms with E-state index in [2.05, 4.69) is 24.0 Å². The molecule has 1 aliphatic heterocycles. The van der Waals surface area contributed by atoms with Gasteiger partial charge in [-0.25, -0.2) is 0 Å². The lowest BCUT2D eigenvalue weighted by Crippen LogP contribution is -2.29. The van der Waals surface area contributed by atoms with Crippen molar-refractivity contribution in [3.05, 3.63) is 93.1 Å². The topological polar surface area (TPSA) is 87.7 Å². The van der Waals surface area contributed by atoms with Gasteiger partial charge in [0.1, 0.15) is 17.1 Å². The number of nitrogens with zero attached hydrogens (tertiary/aromatic N) is 2. The molecule has 1 atom stereocenters. The fraction of sp³-hybridized carbons (Fsp3) is 0.267. The summed E-state index contributed by atoms with van der Waals surface area (Å²) >= 11 is 12.8. The van der Waals surface area contributed by atoms with E-state index in [0.717, 1.165) is 17.5 Å². The van der Waals surface area contributed by atoms with E-state index in [1.165, 1.54) is 6.07 Å². The first kappa shape index (κ1) is 26.9. The van der Waals surface area contributed by atoms with Crippen molar-refractivity contribution >= 4 is 29.1 Å². The number of H-pyrrole nitrogens is 1. The van der Waals surface area contributed by atoms with Crippen LogP contribution >= 0.6 is 23.2 Å². The molecule has 2 N–H and O–H groups in total. The van der Waals surface area contributed by atoms with Crippen molar-refractivity contribution in [2.75, 3.05) is 13.7 Å². The predicted octanol–water partition coefficient (Wildman–Crippen LogP) is 7.27. The van der Waals surface area contributed by atoms with Gasteiger partial charge in [0.05, 0.1) is 19.8 Å². The second-order valence-corrected chi connectivity index (χ2v) is 10.7. The van der Waals surface area contributed by atoms with Crippen LogP contribution in [0.1, 0.15) is 53.5 Å². The molecule has 0 saturated heterocycles. The highest BCUT2D eigenvalue weighted by molar-refractivity contribution is 6.31. The number of rotatable bonds is 9. The van der Waals surface area contributed by atoms with Crippen LogP contribution in [0.2, 0.25) is 10.0 Å². The Kier molecular flexibility index (Phi) is 7.73. The Balaban J connectivity index is 1.62. The van der Waals surface area contributed by atoms with E-state index in [-0.39, 0.29) is 18.2 Å². The van der Waals surface area contributed by atoms with Crippen LogP contribution in [-0.4, -0.2) is 39.8 Å². The Morgan fingerprint density at radius 3 is 2.62 bits per heavy atom. The minimum atomic E-state index is -0.547. The number of hydrogen-bond donors (Lipinski definition) is 2. The number of benzene rings is 3. The van der Waals surface area contributed by atoms with Crippen LogP contribution in [0.25, 0.3) is 11.3 Å². The summed E-state index contributed by atoms with van der Waals surface area (Å²) in [7, 11) is 1.59. The molecule has 1 unspecified atom stereocenters. The summed E-state index contributed by atoms with van der Waals surface area (Å²) < 4.78 is 11.7. The molecule has 0 radical (unpaired) electrons. The number of amides is 1. The highest BCUT2D eigenvalue weighted by Gasteiger charge is 2.43. The summed E-state index contributed by atoms with van der Waals surface area (Å²) in [5.41, 5.74) is 3.46. The van der Waals surface area contributed by atoms with Gasteiger partial charge in [0.2, 0.25) is 0 Å². The molecule has 1 aromatic heterocycles. The average Bonchev–Trinajstić information content (AvgIpc) is 3.45. The van der Waals surface area contributed by atoms with Crippen molar-refractivity contribution in [1.29, 1.82) is 0 Å². The van der Waals surface area contributed by atoms with Crippen LogP contribution in [0.4, 0.5) is 0 Å². The number of fused-ring (bicyclic) bond motifs is 1. The van der Waals surface area contributed by atoms with E-state index in [1.54, 1.807) is 30.2 Å². The van der Waals surface area contributed by atoms with E-state index in [9.17, 15) is 9.90 Å². The number of nitrogens with one attached hydrogen (secondary N) is 1. The van der Waals surface area contributed by atoms with E-state index in [4.69, 9.17) is 32.7 Å². The number of aromatic hydroxyl groups is 1. The molecular weight excluding hydrogens is 537 g/mol. The average molecular weight is 566 g/mol. The molecule has 39 heavy (non-hydrogen) atoms. The second-order valence-electron chi connectivity index (χ2n) is 9.89. The van der Waals surface area contributed by atoms with Gasteiger partial charge < -0.3 is 19.5 Å². The lowest BCUT2D eigenvalue weighted by molar-refractivity contribution is 0.0730. The van der Waals surface area contributed by atoms with Crippen LogP contribution in [0.3, 0.4) is 0 Å². The van der Waals surface area contributed by atoms with E-state index < -0.39 is 6.04 Å². The van der Waals surface area contributed by atoms with Crippen molar-refractivity contribution < 1.29 is 19.4 Å². The molecule has 1 aliphatic rings. The monoisotopic (exact) mass is 565 g/mol. The van der Waals surface area contributed by atoms with Crippen LogP contribution in [-0.2, 0) is 6.54 Å². The lowest BCUT2D eigenvalue weighted by Gasteiger charge is -2.27. The third-order valence-electron chi connectivity index (χ3n) is 6.83.